The third kappa shape index (κ3) is 3.57. The monoisotopic (exact) mass is 348 g/mol. The Kier molecular flexibility index (Phi) is 5.61. The lowest BCUT2D eigenvalue weighted by atomic mass is 10.1. The summed E-state index contributed by atoms with van der Waals surface area (Å²) in [5, 5.41) is 2.90. The highest BCUT2D eigenvalue weighted by atomic mass is 16.5. The van der Waals surface area contributed by atoms with E-state index in [-0.39, 0.29) is 23.6 Å². The molecule has 0 spiro atoms. The lowest BCUT2D eigenvalue weighted by Gasteiger charge is -2.15. The van der Waals surface area contributed by atoms with E-state index in [4.69, 9.17) is 4.74 Å². The molecule has 2 heterocycles. The quantitative estimate of drug-likeness (QED) is 0.824. The molecule has 25 heavy (non-hydrogen) atoms. The number of aromatic nitrogens is 3. The molecular formula is C17H24N4O4. The van der Waals surface area contributed by atoms with E-state index < -0.39 is 17.2 Å². The second kappa shape index (κ2) is 7.50. The molecule has 0 unspecified atom stereocenters. The van der Waals surface area contributed by atoms with Gasteiger partial charge in [-0.1, -0.05) is 6.92 Å². The summed E-state index contributed by atoms with van der Waals surface area (Å²) in [6.45, 7) is 7.40. The smallest absolute Gasteiger partial charge is 0.332 e. The number of carbonyl (C=O) groups excluding carboxylic acids is 1. The van der Waals surface area contributed by atoms with E-state index in [1.54, 1.807) is 6.20 Å². The molecule has 1 amide bonds. The number of carbonyl (C=O) groups is 1. The lowest BCUT2D eigenvalue weighted by Crippen LogP contribution is -2.44. The van der Waals surface area contributed by atoms with Gasteiger partial charge < -0.3 is 10.1 Å². The summed E-state index contributed by atoms with van der Waals surface area (Å²) in [6.07, 6.45) is 2.25. The number of ether oxygens (including phenoxy) is 1. The molecule has 136 valence electrons. The van der Waals surface area contributed by atoms with Crippen LogP contribution in [0.3, 0.4) is 0 Å². The van der Waals surface area contributed by atoms with Gasteiger partial charge in [-0.3, -0.25) is 14.2 Å². The van der Waals surface area contributed by atoms with Crippen molar-refractivity contribution in [2.24, 2.45) is 7.05 Å². The van der Waals surface area contributed by atoms with Crippen LogP contribution in [0.25, 0.3) is 11.0 Å². The molecule has 0 aliphatic heterocycles. The van der Waals surface area contributed by atoms with Gasteiger partial charge in [-0.2, -0.15) is 0 Å². The summed E-state index contributed by atoms with van der Waals surface area (Å²) in [5.74, 6) is 0.0275. The van der Waals surface area contributed by atoms with Crippen LogP contribution >= 0.6 is 0 Å². The fourth-order valence-electron chi connectivity index (χ4n) is 2.68. The van der Waals surface area contributed by atoms with E-state index >= 15 is 0 Å². The molecule has 8 nitrogen and oxygen atoms in total. The van der Waals surface area contributed by atoms with Gasteiger partial charge in [-0.15, -0.1) is 0 Å². The van der Waals surface area contributed by atoms with Gasteiger partial charge in [0.2, 0.25) is 5.91 Å². The Labute approximate surface area is 145 Å². The molecule has 0 atom stereocenters. The third-order valence-corrected chi connectivity index (χ3v) is 3.80. The number of amides is 1. The number of hydrogen-bond acceptors (Lipinski definition) is 5. The predicted octanol–water partition coefficient (Wildman–Crippen LogP) is 0.581. The standard InChI is InChI=1S/C17H24N4O4/c1-6-11-8-18-15-13(14(11)25-7-2)16(23)21(17(24)20(15)5)9-12(22)19-10(3)4/h8,10H,6-7,9H2,1-5H3,(H,19,22). The minimum Gasteiger partial charge on any atom is -0.493 e. The summed E-state index contributed by atoms with van der Waals surface area (Å²) in [4.78, 5) is 41.7. The van der Waals surface area contributed by atoms with Crippen molar-refractivity contribution in [2.45, 2.75) is 46.7 Å². The Morgan fingerprint density at radius 2 is 2.00 bits per heavy atom. The molecule has 0 saturated carbocycles. The Balaban J connectivity index is 2.76. The van der Waals surface area contributed by atoms with Gasteiger partial charge in [0.15, 0.2) is 5.65 Å². The van der Waals surface area contributed by atoms with Crippen LogP contribution in [0.15, 0.2) is 15.8 Å². The van der Waals surface area contributed by atoms with Crippen LogP contribution in [0.2, 0.25) is 0 Å². The number of nitrogens with one attached hydrogen (secondary N) is 1. The first-order chi connectivity index (χ1) is 11.8. The lowest BCUT2D eigenvalue weighted by molar-refractivity contribution is -0.122. The predicted molar refractivity (Wildman–Crippen MR) is 95.1 cm³/mol. The zero-order valence-corrected chi connectivity index (χ0v) is 15.3. The van der Waals surface area contributed by atoms with E-state index in [1.165, 1.54) is 11.6 Å². The third-order valence-electron chi connectivity index (χ3n) is 3.80. The summed E-state index contributed by atoms with van der Waals surface area (Å²) in [6, 6.07) is -0.0835. The van der Waals surface area contributed by atoms with Crippen molar-refractivity contribution in [3.63, 3.8) is 0 Å². The summed E-state index contributed by atoms with van der Waals surface area (Å²) < 4.78 is 7.86. The highest BCUT2D eigenvalue weighted by molar-refractivity contribution is 5.83. The molecule has 2 aromatic heterocycles. The van der Waals surface area contributed by atoms with Crippen LogP contribution in [0.4, 0.5) is 0 Å². The van der Waals surface area contributed by atoms with Crippen molar-refractivity contribution >= 4 is 16.9 Å². The van der Waals surface area contributed by atoms with Crippen molar-refractivity contribution in [3.05, 3.63) is 32.6 Å². The van der Waals surface area contributed by atoms with Crippen LogP contribution in [0.5, 0.6) is 5.75 Å². The van der Waals surface area contributed by atoms with Gasteiger partial charge in [0.1, 0.15) is 17.7 Å². The molecule has 0 aromatic carbocycles. The van der Waals surface area contributed by atoms with Crippen LogP contribution in [0, 0.1) is 0 Å². The van der Waals surface area contributed by atoms with E-state index in [1.807, 2.05) is 27.7 Å². The first kappa shape index (κ1) is 18.7. The maximum absolute atomic E-state index is 12.9. The van der Waals surface area contributed by atoms with Crippen LogP contribution in [-0.2, 0) is 24.8 Å². The fourth-order valence-corrected chi connectivity index (χ4v) is 2.68. The number of aryl methyl sites for hydroxylation is 2. The van der Waals surface area contributed by atoms with Crippen molar-refractivity contribution in [2.75, 3.05) is 6.61 Å². The van der Waals surface area contributed by atoms with E-state index in [0.717, 1.165) is 10.1 Å². The van der Waals surface area contributed by atoms with Gasteiger partial charge in [-0.25, -0.2) is 14.3 Å². The van der Waals surface area contributed by atoms with Crippen molar-refractivity contribution in [1.82, 2.24) is 19.4 Å². The largest absolute Gasteiger partial charge is 0.493 e. The van der Waals surface area contributed by atoms with Crippen LogP contribution < -0.4 is 21.3 Å². The van der Waals surface area contributed by atoms with Crippen LogP contribution in [0.1, 0.15) is 33.3 Å². The molecule has 0 saturated heterocycles. The summed E-state index contributed by atoms with van der Waals surface area (Å²) in [7, 11) is 1.52. The molecule has 0 aliphatic rings. The maximum Gasteiger partial charge on any atom is 0.332 e. The molecule has 0 bridgehead atoms. The average molecular weight is 348 g/mol. The number of nitrogens with zero attached hydrogens (tertiary/aromatic N) is 3. The van der Waals surface area contributed by atoms with Gasteiger partial charge >= 0.3 is 5.69 Å². The highest BCUT2D eigenvalue weighted by Gasteiger charge is 2.20. The van der Waals surface area contributed by atoms with Crippen molar-refractivity contribution in [3.8, 4) is 5.75 Å². The molecule has 8 heteroatoms. The van der Waals surface area contributed by atoms with Gasteiger partial charge in [0, 0.05) is 24.8 Å². The topological polar surface area (TPSA) is 95.2 Å². The fraction of sp³-hybridized carbons (Fsp3) is 0.529. The minimum atomic E-state index is -0.587. The maximum atomic E-state index is 12.9. The number of fused-ring (bicyclic) bond motifs is 1. The summed E-state index contributed by atoms with van der Waals surface area (Å²) in [5.41, 5.74) is -0.127. The molecule has 2 rings (SSSR count). The Bertz CT molecular complexity index is 911. The molecular weight excluding hydrogens is 324 g/mol. The van der Waals surface area contributed by atoms with Crippen molar-refractivity contribution < 1.29 is 9.53 Å². The Hall–Kier alpha value is -2.64. The van der Waals surface area contributed by atoms with E-state index in [0.29, 0.717) is 18.8 Å². The molecule has 1 N–H and O–H groups in total. The molecule has 2 aromatic rings. The zero-order valence-electron chi connectivity index (χ0n) is 15.3. The number of rotatable bonds is 6. The second-order valence-corrected chi connectivity index (χ2v) is 6.05. The minimum absolute atomic E-state index is 0.0835. The Morgan fingerprint density at radius 1 is 1.32 bits per heavy atom. The van der Waals surface area contributed by atoms with Gasteiger partial charge in [-0.05, 0) is 27.2 Å². The molecule has 0 radical (unpaired) electrons. The van der Waals surface area contributed by atoms with E-state index in [2.05, 4.69) is 10.3 Å². The first-order valence-corrected chi connectivity index (χ1v) is 8.35. The average Bonchev–Trinajstić information content (AvgIpc) is 2.56. The normalized spacial score (nSPS) is 11.1. The first-order valence-electron chi connectivity index (χ1n) is 8.35. The summed E-state index contributed by atoms with van der Waals surface area (Å²) >= 11 is 0. The molecule has 0 aliphatic carbocycles. The SMILES string of the molecule is CCOc1c(CC)cnc2c1c(=O)n(CC(=O)NC(C)C)c(=O)n2C. The van der Waals surface area contributed by atoms with Crippen LogP contribution in [-0.4, -0.2) is 32.7 Å². The number of hydrogen-bond donors (Lipinski definition) is 1. The number of pyridine rings is 1. The highest BCUT2D eigenvalue weighted by Crippen LogP contribution is 2.25. The van der Waals surface area contributed by atoms with E-state index in [9.17, 15) is 14.4 Å². The molecule has 0 fully saturated rings. The van der Waals surface area contributed by atoms with Crippen molar-refractivity contribution in [1.29, 1.82) is 0 Å². The van der Waals surface area contributed by atoms with Gasteiger partial charge in [0.05, 0.1) is 6.61 Å². The Morgan fingerprint density at radius 3 is 2.56 bits per heavy atom. The van der Waals surface area contributed by atoms with Gasteiger partial charge in [0.25, 0.3) is 5.56 Å². The second-order valence-electron chi connectivity index (χ2n) is 6.05. The zero-order chi connectivity index (χ0) is 18.7.